The van der Waals surface area contributed by atoms with E-state index in [-0.39, 0.29) is 11.6 Å². The van der Waals surface area contributed by atoms with Crippen LogP contribution in [0.2, 0.25) is 0 Å². The smallest absolute Gasteiger partial charge is 0.416 e. The summed E-state index contributed by atoms with van der Waals surface area (Å²) in [5.74, 6) is -1.75. The summed E-state index contributed by atoms with van der Waals surface area (Å²) in [6.45, 7) is 1.37. The number of hydrogen-bond acceptors (Lipinski definition) is 2. The summed E-state index contributed by atoms with van der Waals surface area (Å²) in [5.41, 5.74) is -0.995. The maximum atomic E-state index is 12.9. The predicted octanol–water partition coefficient (Wildman–Crippen LogP) is 2.71. The molecule has 0 aromatic heterocycles. The maximum Gasteiger partial charge on any atom is 0.416 e. The molecule has 0 spiro atoms. The molecule has 2 rings (SSSR count). The molecule has 1 aromatic rings. The molecule has 1 aliphatic rings. The zero-order valence-corrected chi connectivity index (χ0v) is 11.9. The van der Waals surface area contributed by atoms with Gasteiger partial charge in [-0.3, -0.25) is 4.79 Å². The fourth-order valence-electron chi connectivity index (χ4n) is 2.41. The van der Waals surface area contributed by atoms with E-state index in [1.807, 2.05) is 0 Å². The Kier molecular flexibility index (Phi) is 4.44. The minimum Gasteiger partial charge on any atom is -0.480 e. The third-order valence-corrected chi connectivity index (χ3v) is 3.67. The minimum absolute atomic E-state index is 0.136. The van der Waals surface area contributed by atoms with Crippen LogP contribution in [0.3, 0.4) is 0 Å². The second kappa shape index (κ2) is 5.98. The first-order valence-corrected chi connectivity index (χ1v) is 6.91. The largest absolute Gasteiger partial charge is 0.480 e. The van der Waals surface area contributed by atoms with Crippen LogP contribution in [0.4, 0.5) is 13.2 Å². The molecule has 1 atom stereocenters. The van der Waals surface area contributed by atoms with E-state index in [9.17, 15) is 22.8 Å². The molecule has 120 valence electrons. The standard InChI is InChI=1S/C15H16F3NO3/c1-9(14(21)22)19(11-6-7-11)13(20)8-10-4-2-3-5-12(10)15(16,17)18/h2-5,9,11H,6-8H2,1H3,(H,21,22). The molecule has 1 fully saturated rings. The van der Waals surface area contributed by atoms with Crippen molar-refractivity contribution in [3.05, 3.63) is 35.4 Å². The third kappa shape index (κ3) is 3.58. The molecule has 1 unspecified atom stereocenters. The average molecular weight is 315 g/mol. The van der Waals surface area contributed by atoms with Gasteiger partial charge in [0.15, 0.2) is 0 Å². The van der Waals surface area contributed by atoms with Crippen LogP contribution in [0, 0.1) is 0 Å². The van der Waals surface area contributed by atoms with E-state index in [1.54, 1.807) is 0 Å². The van der Waals surface area contributed by atoms with Crippen LogP contribution < -0.4 is 0 Å². The summed E-state index contributed by atoms with van der Waals surface area (Å²) >= 11 is 0. The fourth-order valence-corrected chi connectivity index (χ4v) is 2.41. The highest BCUT2D eigenvalue weighted by atomic mass is 19.4. The number of carbonyl (C=O) groups excluding carboxylic acids is 1. The predicted molar refractivity (Wildman–Crippen MR) is 72.1 cm³/mol. The minimum atomic E-state index is -4.54. The van der Waals surface area contributed by atoms with Crippen molar-refractivity contribution in [3.8, 4) is 0 Å². The highest BCUT2D eigenvalue weighted by Gasteiger charge is 2.39. The quantitative estimate of drug-likeness (QED) is 0.909. The van der Waals surface area contributed by atoms with Gasteiger partial charge in [-0.1, -0.05) is 18.2 Å². The van der Waals surface area contributed by atoms with E-state index < -0.39 is 36.1 Å². The second-order valence-corrected chi connectivity index (χ2v) is 5.38. The zero-order valence-electron chi connectivity index (χ0n) is 11.9. The van der Waals surface area contributed by atoms with Crippen molar-refractivity contribution in [3.63, 3.8) is 0 Å². The number of carboxylic acids is 1. The van der Waals surface area contributed by atoms with Crippen LogP contribution in [0.5, 0.6) is 0 Å². The summed E-state index contributed by atoms with van der Waals surface area (Å²) in [6, 6.07) is 3.63. The highest BCUT2D eigenvalue weighted by Crippen LogP contribution is 2.33. The van der Waals surface area contributed by atoms with Gasteiger partial charge in [0.1, 0.15) is 6.04 Å². The van der Waals surface area contributed by atoms with Gasteiger partial charge in [-0.15, -0.1) is 0 Å². The summed E-state index contributed by atoms with van der Waals surface area (Å²) in [7, 11) is 0. The van der Waals surface area contributed by atoms with Crippen LogP contribution in [0.1, 0.15) is 30.9 Å². The van der Waals surface area contributed by atoms with Crippen molar-refractivity contribution in [2.24, 2.45) is 0 Å². The zero-order chi connectivity index (χ0) is 16.5. The first-order chi connectivity index (χ1) is 10.2. The maximum absolute atomic E-state index is 12.9. The Balaban J connectivity index is 2.22. The lowest BCUT2D eigenvalue weighted by molar-refractivity contribution is -0.150. The highest BCUT2D eigenvalue weighted by molar-refractivity contribution is 5.85. The van der Waals surface area contributed by atoms with E-state index in [1.165, 1.54) is 30.0 Å². The van der Waals surface area contributed by atoms with Crippen molar-refractivity contribution in [1.29, 1.82) is 0 Å². The van der Waals surface area contributed by atoms with Crippen LogP contribution in [0.15, 0.2) is 24.3 Å². The molecule has 0 radical (unpaired) electrons. The normalized spacial score (nSPS) is 16.2. The lowest BCUT2D eigenvalue weighted by atomic mass is 10.0. The molecule has 0 aliphatic heterocycles. The molecular weight excluding hydrogens is 299 g/mol. The Morgan fingerprint density at radius 1 is 1.32 bits per heavy atom. The molecule has 0 saturated heterocycles. The van der Waals surface area contributed by atoms with E-state index in [2.05, 4.69) is 0 Å². The number of carbonyl (C=O) groups is 2. The van der Waals surface area contributed by atoms with Crippen LogP contribution >= 0.6 is 0 Å². The Morgan fingerprint density at radius 3 is 2.41 bits per heavy atom. The van der Waals surface area contributed by atoms with Crippen molar-refractivity contribution < 1.29 is 27.9 Å². The number of nitrogens with zero attached hydrogens (tertiary/aromatic N) is 1. The Labute approximate surface area is 125 Å². The van der Waals surface area contributed by atoms with Gasteiger partial charge in [-0.2, -0.15) is 13.2 Å². The number of carboxylic acid groups (broad SMARTS) is 1. The Bertz CT molecular complexity index is 582. The number of aliphatic carboxylic acids is 1. The first-order valence-electron chi connectivity index (χ1n) is 6.91. The topological polar surface area (TPSA) is 57.6 Å². The van der Waals surface area contributed by atoms with E-state index in [4.69, 9.17) is 5.11 Å². The second-order valence-electron chi connectivity index (χ2n) is 5.38. The van der Waals surface area contributed by atoms with Gasteiger partial charge in [-0.05, 0) is 31.4 Å². The fraction of sp³-hybridized carbons (Fsp3) is 0.467. The number of alkyl halides is 3. The number of rotatable bonds is 5. The molecule has 1 N–H and O–H groups in total. The van der Waals surface area contributed by atoms with Gasteiger partial charge in [0, 0.05) is 6.04 Å². The van der Waals surface area contributed by atoms with Crippen molar-refractivity contribution >= 4 is 11.9 Å². The SMILES string of the molecule is CC(C(=O)O)N(C(=O)Cc1ccccc1C(F)(F)F)C1CC1. The molecule has 1 aliphatic carbocycles. The summed E-state index contributed by atoms with van der Waals surface area (Å²) < 4.78 is 38.8. The third-order valence-electron chi connectivity index (χ3n) is 3.67. The molecule has 4 nitrogen and oxygen atoms in total. The molecule has 1 aromatic carbocycles. The molecule has 0 bridgehead atoms. The molecule has 7 heteroatoms. The Hall–Kier alpha value is -2.05. The molecule has 0 heterocycles. The van der Waals surface area contributed by atoms with E-state index in [0.29, 0.717) is 12.8 Å². The lowest BCUT2D eigenvalue weighted by Gasteiger charge is -2.27. The van der Waals surface area contributed by atoms with Gasteiger partial charge >= 0.3 is 12.1 Å². The number of amides is 1. The molecule has 1 amide bonds. The van der Waals surface area contributed by atoms with Crippen molar-refractivity contribution in [1.82, 2.24) is 4.90 Å². The van der Waals surface area contributed by atoms with Crippen LogP contribution in [-0.2, 0) is 22.2 Å². The van der Waals surface area contributed by atoms with E-state index in [0.717, 1.165) is 6.07 Å². The van der Waals surface area contributed by atoms with Crippen molar-refractivity contribution in [2.45, 2.75) is 44.4 Å². The van der Waals surface area contributed by atoms with Gasteiger partial charge in [0.25, 0.3) is 0 Å². The molecule has 1 saturated carbocycles. The first kappa shape index (κ1) is 16.3. The summed E-state index contributed by atoms with van der Waals surface area (Å²) in [6.07, 6.45) is -3.63. The number of hydrogen-bond donors (Lipinski definition) is 1. The van der Waals surface area contributed by atoms with Gasteiger partial charge in [-0.25, -0.2) is 4.79 Å². The van der Waals surface area contributed by atoms with Crippen molar-refractivity contribution in [2.75, 3.05) is 0 Å². The van der Waals surface area contributed by atoms with Gasteiger partial charge in [0.2, 0.25) is 5.91 Å². The van der Waals surface area contributed by atoms with E-state index >= 15 is 0 Å². The van der Waals surface area contributed by atoms with Crippen LogP contribution in [-0.4, -0.2) is 34.0 Å². The number of halogens is 3. The van der Waals surface area contributed by atoms with Gasteiger partial charge < -0.3 is 10.0 Å². The van der Waals surface area contributed by atoms with Gasteiger partial charge in [0.05, 0.1) is 12.0 Å². The summed E-state index contributed by atoms with van der Waals surface area (Å²) in [5, 5.41) is 9.05. The average Bonchev–Trinajstić information content (AvgIpc) is 3.22. The monoisotopic (exact) mass is 315 g/mol. The Morgan fingerprint density at radius 2 is 1.91 bits per heavy atom. The number of benzene rings is 1. The lowest BCUT2D eigenvalue weighted by Crippen LogP contribution is -2.45. The summed E-state index contributed by atoms with van der Waals surface area (Å²) in [4.78, 5) is 24.6. The molecule has 22 heavy (non-hydrogen) atoms. The van der Waals surface area contributed by atoms with Crippen LogP contribution in [0.25, 0.3) is 0 Å². The molecular formula is C15H16F3NO3.